The minimum atomic E-state index is -0.0700. The van der Waals surface area contributed by atoms with Crippen molar-refractivity contribution < 1.29 is 4.79 Å². The van der Waals surface area contributed by atoms with Gasteiger partial charge in [-0.2, -0.15) is 0 Å². The highest BCUT2D eigenvalue weighted by atomic mass is 32.2. The molecule has 0 saturated carbocycles. The quantitative estimate of drug-likeness (QED) is 0.416. The van der Waals surface area contributed by atoms with Crippen molar-refractivity contribution in [2.24, 2.45) is 5.41 Å². The van der Waals surface area contributed by atoms with E-state index in [4.69, 9.17) is 12.2 Å². The first-order valence-corrected chi connectivity index (χ1v) is 12.3. The number of piperidine rings is 1. The zero-order valence-corrected chi connectivity index (χ0v) is 19.4. The summed E-state index contributed by atoms with van der Waals surface area (Å²) in [5.74, 6) is 5.71. The van der Waals surface area contributed by atoms with Crippen LogP contribution in [0.25, 0.3) is 0 Å². The third-order valence-corrected chi connectivity index (χ3v) is 7.37. The lowest BCUT2D eigenvalue weighted by atomic mass is 9.78. The van der Waals surface area contributed by atoms with Crippen LogP contribution in [-0.2, 0) is 4.79 Å². The predicted octanol–water partition coefficient (Wildman–Crippen LogP) is 4.47. The molecule has 31 heavy (non-hydrogen) atoms. The van der Waals surface area contributed by atoms with E-state index in [1.165, 1.54) is 4.90 Å². The number of carbonyl (C=O) groups excluding carboxylic acids is 1. The number of anilines is 1. The summed E-state index contributed by atoms with van der Waals surface area (Å²) in [7, 11) is 0. The van der Waals surface area contributed by atoms with E-state index in [9.17, 15) is 4.79 Å². The summed E-state index contributed by atoms with van der Waals surface area (Å²) >= 11 is 7.41. The van der Waals surface area contributed by atoms with E-state index in [1.807, 2.05) is 35.2 Å². The van der Waals surface area contributed by atoms with Gasteiger partial charge in [-0.25, -0.2) is 0 Å². The summed E-state index contributed by atoms with van der Waals surface area (Å²) in [5.41, 5.74) is 2.15. The van der Waals surface area contributed by atoms with Crippen LogP contribution in [0, 0.1) is 17.3 Å². The Labute approximate surface area is 194 Å². The number of thioether (sulfide) groups is 1. The van der Waals surface area contributed by atoms with Crippen LogP contribution in [0.3, 0.4) is 0 Å². The zero-order valence-electron chi connectivity index (χ0n) is 17.8. The lowest BCUT2D eigenvalue weighted by molar-refractivity contribution is -0.127. The van der Waals surface area contributed by atoms with Crippen molar-refractivity contribution >= 4 is 40.7 Å². The van der Waals surface area contributed by atoms with Gasteiger partial charge in [0.15, 0.2) is 5.11 Å². The number of thiocarbonyl (C=S) groups is 1. The van der Waals surface area contributed by atoms with Crippen LogP contribution in [0.5, 0.6) is 0 Å². The third kappa shape index (κ3) is 5.41. The molecule has 0 atom stereocenters. The highest BCUT2D eigenvalue weighted by Crippen LogP contribution is 2.40. The van der Waals surface area contributed by atoms with Gasteiger partial charge in [0.05, 0.1) is 0 Å². The number of nitrogens with one attached hydrogen (secondary N) is 1. The maximum atomic E-state index is 12.5. The van der Waals surface area contributed by atoms with Crippen LogP contribution in [0.2, 0.25) is 0 Å². The summed E-state index contributed by atoms with van der Waals surface area (Å²) in [6.45, 7) is 3.47. The predicted molar refractivity (Wildman–Crippen MR) is 132 cm³/mol. The van der Waals surface area contributed by atoms with E-state index in [0.717, 1.165) is 61.8 Å². The summed E-state index contributed by atoms with van der Waals surface area (Å²) in [5, 5.41) is 4.17. The van der Waals surface area contributed by atoms with Crippen molar-refractivity contribution in [3.63, 3.8) is 0 Å². The van der Waals surface area contributed by atoms with Gasteiger partial charge in [-0.1, -0.05) is 24.1 Å². The molecule has 0 bridgehead atoms. The summed E-state index contributed by atoms with van der Waals surface area (Å²) < 4.78 is 0. The second-order valence-corrected chi connectivity index (χ2v) is 9.50. The lowest BCUT2D eigenvalue weighted by Gasteiger charge is -2.38. The standard InChI is InChI=1S/C25H27N3OS2/c1-31-22-10-8-21(9-11-22)26-24(30)28-18-15-25(19-28)13-16-27(17-14-25)23(29)12-7-20-5-3-2-4-6-20/h2-6,8-11H,13-19H2,1H3,(H,26,30). The molecule has 0 unspecified atom stereocenters. The van der Waals surface area contributed by atoms with Crippen LogP contribution in [-0.4, -0.2) is 53.3 Å². The van der Waals surface area contributed by atoms with Gasteiger partial charge in [0.25, 0.3) is 5.91 Å². The number of nitrogens with zero attached hydrogens (tertiary/aromatic N) is 2. The maximum absolute atomic E-state index is 12.5. The molecule has 2 fully saturated rings. The molecule has 2 aliphatic rings. The fraction of sp³-hybridized carbons (Fsp3) is 0.360. The molecule has 2 saturated heterocycles. The Morgan fingerprint density at radius 3 is 2.29 bits per heavy atom. The molecule has 1 N–H and O–H groups in total. The molecule has 2 aromatic rings. The van der Waals surface area contributed by atoms with Crippen LogP contribution in [0.1, 0.15) is 24.8 Å². The Balaban J connectivity index is 1.28. The van der Waals surface area contributed by atoms with Crippen molar-refractivity contribution in [2.75, 3.05) is 37.8 Å². The fourth-order valence-corrected chi connectivity index (χ4v) is 4.99. The van der Waals surface area contributed by atoms with Gasteiger partial charge in [-0.3, -0.25) is 4.79 Å². The fourth-order valence-electron chi connectivity index (χ4n) is 4.30. The average molecular weight is 450 g/mol. The van der Waals surface area contributed by atoms with Crippen LogP contribution in [0.4, 0.5) is 5.69 Å². The third-order valence-electron chi connectivity index (χ3n) is 6.27. The van der Waals surface area contributed by atoms with Crippen LogP contribution < -0.4 is 5.32 Å². The number of likely N-dealkylation sites (tertiary alicyclic amines) is 2. The van der Waals surface area contributed by atoms with E-state index >= 15 is 0 Å². The first kappa shape index (κ1) is 21.7. The second-order valence-electron chi connectivity index (χ2n) is 8.24. The van der Waals surface area contributed by atoms with Gasteiger partial charge in [0.1, 0.15) is 0 Å². The molecule has 1 amide bonds. The number of carbonyl (C=O) groups is 1. The molecule has 0 aliphatic carbocycles. The molecule has 0 radical (unpaired) electrons. The molecule has 1 spiro atoms. The van der Waals surface area contributed by atoms with Gasteiger partial charge in [-0.15, -0.1) is 11.8 Å². The normalized spacial score (nSPS) is 17.2. The Morgan fingerprint density at radius 1 is 1.00 bits per heavy atom. The van der Waals surface area contributed by atoms with Gasteiger partial charge in [0.2, 0.25) is 0 Å². The minimum absolute atomic E-state index is 0.0700. The SMILES string of the molecule is CSc1ccc(NC(=S)N2CCC3(CCN(C(=O)C#Cc4ccccc4)CC3)C2)cc1. The number of hydrogen-bond donors (Lipinski definition) is 1. The molecule has 4 rings (SSSR count). The zero-order chi connectivity index (χ0) is 21.7. The van der Waals surface area contributed by atoms with Crippen molar-refractivity contribution in [1.29, 1.82) is 0 Å². The largest absolute Gasteiger partial charge is 0.348 e. The van der Waals surface area contributed by atoms with E-state index in [2.05, 4.69) is 52.6 Å². The highest BCUT2D eigenvalue weighted by molar-refractivity contribution is 7.98. The van der Waals surface area contributed by atoms with Crippen molar-refractivity contribution in [2.45, 2.75) is 24.2 Å². The van der Waals surface area contributed by atoms with Crippen LogP contribution in [0.15, 0.2) is 59.5 Å². The first-order valence-electron chi connectivity index (χ1n) is 10.6. The Bertz CT molecular complexity index is 987. The summed E-state index contributed by atoms with van der Waals surface area (Å²) in [4.78, 5) is 17.9. The first-order chi connectivity index (χ1) is 15.1. The van der Waals surface area contributed by atoms with Gasteiger partial charge in [0, 0.05) is 48.2 Å². The molecule has 2 aliphatic heterocycles. The van der Waals surface area contributed by atoms with Crippen molar-refractivity contribution in [1.82, 2.24) is 9.80 Å². The molecule has 160 valence electrons. The topological polar surface area (TPSA) is 35.6 Å². The molecular weight excluding hydrogens is 422 g/mol. The van der Waals surface area contributed by atoms with E-state index < -0.39 is 0 Å². The van der Waals surface area contributed by atoms with Crippen molar-refractivity contribution in [3.8, 4) is 11.8 Å². The lowest BCUT2D eigenvalue weighted by Crippen LogP contribution is -2.44. The number of hydrogen-bond acceptors (Lipinski definition) is 3. The maximum Gasteiger partial charge on any atom is 0.298 e. The summed E-state index contributed by atoms with van der Waals surface area (Å²) in [6.07, 6.45) is 5.21. The molecule has 4 nitrogen and oxygen atoms in total. The summed E-state index contributed by atoms with van der Waals surface area (Å²) in [6, 6.07) is 18.0. The molecule has 2 aromatic carbocycles. The average Bonchev–Trinajstić information content (AvgIpc) is 3.23. The van der Waals surface area contributed by atoms with Crippen molar-refractivity contribution in [3.05, 3.63) is 60.2 Å². The van der Waals surface area contributed by atoms with Gasteiger partial charge in [-0.05, 0) is 79.5 Å². The minimum Gasteiger partial charge on any atom is -0.348 e. The number of amides is 1. The second kappa shape index (κ2) is 9.76. The Morgan fingerprint density at radius 2 is 1.65 bits per heavy atom. The van der Waals surface area contributed by atoms with Crippen LogP contribution >= 0.6 is 24.0 Å². The van der Waals surface area contributed by atoms with Gasteiger partial charge >= 0.3 is 0 Å². The monoisotopic (exact) mass is 449 g/mol. The Kier molecular flexibility index (Phi) is 6.84. The Hall–Kier alpha value is -2.49. The highest BCUT2D eigenvalue weighted by Gasteiger charge is 2.41. The molecule has 6 heteroatoms. The number of benzene rings is 2. The molecule has 2 heterocycles. The van der Waals surface area contributed by atoms with Gasteiger partial charge < -0.3 is 15.1 Å². The molecule has 0 aromatic heterocycles. The smallest absolute Gasteiger partial charge is 0.298 e. The van der Waals surface area contributed by atoms with E-state index in [0.29, 0.717) is 0 Å². The van der Waals surface area contributed by atoms with E-state index in [-0.39, 0.29) is 11.3 Å². The number of rotatable bonds is 2. The van der Waals surface area contributed by atoms with E-state index in [1.54, 1.807) is 11.8 Å². The molecular formula is C25H27N3OS2.